The molecule has 0 heterocycles. The van der Waals surface area contributed by atoms with Crippen molar-refractivity contribution in [1.82, 2.24) is 0 Å². The second-order valence-corrected chi connectivity index (χ2v) is 12.2. The van der Waals surface area contributed by atoms with E-state index >= 15 is 0 Å². The van der Waals surface area contributed by atoms with Gasteiger partial charge in [0.15, 0.2) is 0 Å². The normalized spacial score (nSPS) is 12.8. The molecule has 1 aliphatic carbocycles. The van der Waals surface area contributed by atoms with Crippen molar-refractivity contribution in [2.24, 2.45) is 0 Å². The van der Waals surface area contributed by atoms with Gasteiger partial charge < -0.3 is 47.7 Å². The molecule has 0 saturated heterocycles. The standard InChI is InChI=1S/C43H54O10/c1-2-45-21-22-50-31-33-52-37-15-11-35(12-16-37)43(41-9-5-3-7-39(41)40-8-4-6-10-42(40)43)36-13-17-38(18-14-36)53-34-32-51-30-29-49-28-27-48-26-25-47-24-23-46-20-19-44/h3-18,44H,2,19-34H2,1H3. The Bertz CT molecular complexity index is 1530. The van der Waals surface area contributed by atoms with E-state index in [0.717, 1.165) is 22.6 Å². The zero-order chi connectivity index (χ0) is 36.8. The van der Waals surface area contributed by atoms with Gasteiger partial charge in [-0.15, -0.1) is 0 Å². The van der Waals surface area contributed by atoms with E-state index in [9.17, 15) is 0 Å². The number of aliphatic hydroxyl groups is 1. The van der Waals surface area contributed by atoms with Gasteiger partial charge in [0.2, 0.25) is 0 Å². The molecule has 0 aliphatic heterocycles. The molecule has 0 atom stereocenters. The predicted octanol–water partition coefficient (Wildman–Crippen LogP) is 5.94. The molecule has 0 bridgehead atoms. The number of ether oxygens (including phenoxy) is 9. The van der Waals surface area contributed by atoms with Crippen LogP contribution in [0.15, 0.2) is 97.1 Å². The molecule has 0 unspecified atom stereocenters. The highest BCUT2D eigenvalue weighted by molar-refractivity contribution is 5.86. The summed E-state index contributed by atoms with van der Waals surface area (Å²) in [4.78, 5) is 0. The second-order valence-electron chi connectivity index (χ2n) is 12.2. The van der Waals surface area contributed by atoms with Gasteiger partial charge in [-0.3, -0.25) is 0 Å². The molecule has 5 rings (SSSR count). The number of benzene rings is 4. The van der Waals surface area contributed by atoms with Crippen LogP contribution in [0.5, 0.6) is 11.5 Å². The second kappa shape index (κ2) is 23.1. The van der Waals surface area contributed by atoms with Crippen LogP contribution in [0.3, 0.4) is 0 Å². The van der Waals surface area contributed by atoms with Crippen LogP contribution in [0.4, 0.5) is 0 Å². The van der Waals surface area contributed by atoms with Crippen molar-refractivity contribution in [2.75, 3.05) is 112 Å². The summed E-state index contributed by atoms with van der Waals surface area (Å²) < 4.78 is 50.3. The quantitative estimate of drug-likeness (QED) is 0.0623. The van der Waals surface area contributed by atoms with E-state index in [2.05, 4.69) is 84.9 Å². The van der Waals surface area contributed by atoms with Gasteiger partial charge in [0, 0.05) is 6.61 Å². The molecule has 1 N–H and O–H groups in total. The summed E-state index contributed by atoms with van der Waals surface area (Å²) in [5, 5.41) is 8.66. The third-order valence-electron chi connectivity index (χ3n) is 8.82. The first-order valence-electron chi connectivity index (χ1n) is 18.6. The van der Waals surface area contributed by atoms with Gasteiger partial charge in [0.1, 0.15) is 24.7 Å². The largest absolute Gasteiger partial charge is 0.491 e. The maximum atomic E-state index is 8.66. The van der Waals surface area contributed by atoms with E-state index in [4.69, 9.17) is 47.7 Å². The molecular weight excluding hydrogens is 676 g/mol. The summed E-state index contributed by atoms with van der Waals surface area (Å²) in [7, 11) is 0. The third kappa shape index (κ3) is 11.6. The maximum absolute atomic E-state index is 8.66. The van der Waals surface area contributed by atoms with Crippen LogP contribution in [0, 0.1) is 0 Å². The van der Waals surface area contributed by atoms with Gasteiger partial charge >= 0.3 is 0 Å². The average Bonchev–Trinajstić information content (AvgIpc) is 3.50. The van der Waals surface area contributed by atoms with Crippen molar-refractivity contribution in [3.05, 3.63) is 119 Å². The van der Waals surface area contributed by atoms with E-state index < -0.39 is 5.41 Å². The number of fused-ring (bicyclic) bond motifs is 3. The predicted molar refractivity (Wildman–Crippen MR) is 203 cm³/mol. The maximum Gasteiger partial charge on any atom is 0.119 e. The Morgan fingerprint density at radius 1 is 0.396 bits per heavy atom. The summed E-state index contributed by atoms with van der Waals surface area (Å²) in [5.41, 5.74) is 6.79. The first-order chi connectivity index (χ1) is 26.3. The minimum absolute atomic E-state index is 0.0211. The van der Waals surface area contributed by atoms with E-state index in [-0.39, 0.29) is 6.61 Å². The monoisotopic (exact) mass is 730 g/mol. The molecule has 53 heavy (non-hydrogen) atoms. The zero-order valence-corrected chi connectivity index (χ0v) is 30.9. The van der Waals surface area contributed by atoms with Gasteiger partial charge in [0.25, 0.3) is 0 Å². The molecule has 0 amide bonds. The molecule has 4 aromatic rings. The number of aliphatic hydroxyl groups excluding tert-OH is 1. The van der Waals surface area contributed by atoms with Gasteiger partial charge in [-0.05, 0) is 64.6 Å². The Morgan fingerprint density at radius 3 is 1.11 bits per heavy atom. The molecule has 10 heteroatoms. The van der Waals surface area contributed by atoms with Crippen LogP contribution in [0.1, 0.15) is 29.2 Å². The molecule has 0 radical (unpaired) electrons. The van der Waals surface area contributed by atoms with Crippen molar-refractivity contribution in [1.29, 1.82) is 0 Å². The summed E-state index contributed by atoms with van der Waals surface area (Å²) >= 11 is 0. The molecule has 0 aromatic heterocycles. The van der Waals surface area contributed by atoms with E-state index in [1.54, 1.807) is 0 Å². The Balaban J connectivity index is 1.11. The highest BCUT2D eigenvalue weighted by Gasteiger charge is 2.45. The lowest BCUT2D eigenvalue weighted by Gasteiger charge is -2.34. The number of hydrogen-bond donors (Lipinski definition) is 1. The molecule has 0 spiro atoms. The van der Waals surface area contributed by atoms with Crippen LogP contribution in [-0.2, 0) is 38.6 Å². The fourth-order valence-electron chi connectivity index (χ4n) is 6.47. The van der Waals surface area contributed by atoms with Gasteiger partial charge in [0.05, 0.1) is 97.9 Å². The van der Waals surface area contributed by atoms with Gasteiger partial charge in [-0.2, -0.15) is 0 Å². The van der Waals surface area contributed by atoms with Crippen LogP contribution >= 0.6 is 0 Å². The zero-order valence-electron chi connectivity index (χ0n) is 30.9. The minimum atomic E-state index is -0.509. The van der Waals surface area contributed by atoms with Crippen molar-refractivity contribution in [3.63, 3.8) is 0 Å². The number of rotatable bonds is 28. The lowest BCUT2D eigenvalue weighted by molar-refractivity contribution is -0.0146. The molecule has 0 fully saturated rings. The fraction of sp³-hybridized carbons (Fsp3) is 0.442. The van der Waals surface area contributed by atoms with Crippen LogP contribution in [0.25, 0.3) is 11.1 Å². The van der Waals surface area contributed by atoms with Crippen molar-refractivity contribution < 1.29 is 47.7 Å². The van der Waals surface area contributed by atoms with Gasteiger partial charge in [-0.25, -0.2) is 0 Å². The summed E-state index contributed by atoms with van der Waals surface area (Å²) in [6.45, 7) is 9.93. The lowest BCUT2D eigenvalue weighted by atomic mass is 9.68. The highest BCUT2D eigenvalue weighted by atomic mass is 16.6. The smallest absolute Gasteiger partial charge is 0.119 e. The van der Waals surface area contributed by atoms with Gasteiger partial charge in [-0.1, -0.05) is 72.8 Å². The summed E-state index contributed by atoms with van der Waals surface area (Å²) in [6.07, 6.45) is 0. The molecule has 1 aliphatic rings. The fourth-order valence-corrected chi connectivity index (χ4v) is 6.47. The van der Waals surface area contributed by atoms with Crippen molar-refractivity contribution in [3.8, 4) is 22.6 Å². The summed E-state index contributed by atoms with van der Waals surface area (Å²) in [5.74, 6) is 1.59. The molecule has 0 saturated carbocycles. The third-order valence-corrected chi connectivity index (χ3v) is 8.82. The van der Waals surface area contributed by atoms with Crippen LogP contribution < -0.4 is 9.47 Å². The van der Waals surface area contributed by atoms with E-state index in [0.29, 0.717) is 106 Å². The highest BCUT2D eigenvalue weighted by Crippen LogP contribution is 2.56. The number of hydrogen-bond acceptors (Lipinski definition) is 10. The first kappa shape index (κ1) is 40.3. The topological polar surface area (TPSA) is 103 Å². The van der Waals surface area contributed by atoms with Crippen molar-refractivity contribution >= 4 is 0 Å². The van der Waals surface area contributed by atoms with E-state index in [1.165, 1.54) is 22.3 Å². The minimum Gasteiger partial charge on any atom is -0.491 e. The SMILES string of the molecule is CCOCCOCCOc1ccc(C2(c3ccc(OCCOCCOCCOCCOCCOCCO)cc3)c3ccccc3-c3ccccc32)cc1. The first-order valence-corrected chi connectivity index (χ1v) is 18.6. The molecule has 286 valence electrons. The Kier molecular flexibility index (Phi) is 17.6. The Labute approximate surface area is 313 Å². The molecule has 4 aromatic carbocycles. The molecular formula is C43H54O10. The Morgan fingerprint density at radius 2 is 0.736 bits per heavy atom. The van der Waals surface area contributed by atoms with Crippen molar-refractivity contribution in [2.45, 2.75) is 12.3 Å². The molecule has 10 nitrogen and oxygen atoms in total. The Hall–Kier alpha value is -3.84. The lowest BCUT2D eigenvalue weighted by Crippen LogP contribution is -2.28. The van der Waals surface area contributed by atoms with E-state index in [1.807, 2.05) is 19.1 Å². The van der Waals surface area contributed by atoms with Crippen LogP contribution in [-0.4, -0.2) is 117 Å². The van der Waals surface area contributed by atoms with Crippen LogP contribution in [0.2, 0.25) is 0 Å². The average molecular weight is 731 g/mol. The summed E-state index contributed by atoms with van der Waals surface area (Å²) in [6, 6.07) is 34.3.